The number of rotatable bonds is 1. The van der Waals surface area contributed by atoms with Crippen LogP contribution >= 0.6 is 0 Å². The van der Waals surface area contributed by atoms with Crippen LogP contribution in [0.2, 0.25) is 0 Å². The Labute approximate surface area is 129 Å². The first-order valence-electron chi connectivity index (χ1n) is 7.80. The Morgan fingerprint density at radius 1 is 1.05 bits per heavy atom. The molecule has 2 N–H and O–H groups in total. The van der Waals surface area contributed by atoms with Crippen LogP contribution < -0.4 is 0 Å². The standard InChI is InChI=1S/C18H19NO3/c20-17(21)19-15-7-8-16(19)11-18(22,10-15)14-6-5-12-3-1-2-4-13(12)9-14/h1-6,9,15-16,22H,7-8,10-11H2,(H,20,21). The second-order valence-electron chi connectivity index (χ2n) is 6.58. The van der Waals surface area contributed by atoms with E-state index in [2.05, 4.69) is 6.07 Å². The predicted molar refractivity (Wildman–Crippen MR) is 83.8 cm³/mol. The van der Waals surface area contributed by atoms with Crippen molar-refractivity contribution in [1.82, 2.24) is 4.90 Å². The van der Waals surface area contributed by atoms with Gasteiger partial charge in [0.25, 0.3) is 0 Å². The first kappa shape index (κ1) is 13.6. The number of fused-ring (bicyclic) bond motifs is 3. The van der Waals surface area contributed by atoms with Crippen LogP contribution in [0.15, 0.2) is 42.5 Å². The number of benzene rings is 2. The quantitative estimate of drug-likeness (QED) is 0.848. The zero-order chi connectivity index (χ0) is 15.3. The molecule has 2 aliphatic heterocycles. The van der Waals surface area contributed by atoms with Gasteiger partial charge in [-0.2, -0.15) is 0 Å². The van der Waals surface area contributed by atoms with Crippen molar-refractivity contribution < 1.29 is 15.0 Å². The summed E-state index contributed by atoms with van der Waals surface area (Å²) in [6, 6.07) is 14.0. The molecule has 0 saturated carbocycles. The molecule has 1 amide bonds. The first-order valence-corrected chi connectivity index (χ1v) is 7.80. The molecule has 4 rings (SSSR count). The van der Waals surface area contributed by atoms with Gasteiger partial charge >= 0.3 is 6.09 Å². The van der Waals surface area contributed by atoms with Gasteiger partial charge in [-0.3, -0.25) is 0 Å². The Balaban J connectivity index is 1.71. The lowest BCUT2D eigenvalue weighted by Crippen LogP contribution is -2.51. The Morgan fingerprint density at radius 3 is 2.32 bits per heavy atom. The number of piperidine rings is 1. The molecule has 0 spiro atoms. The molecule has 2 fully saturated rings. The van der Waals surface area contributed by atoms with Crippen molar-refractivity contribution in [1.29, 1.82) is 0 Å². The monoisotopic (exact) mass is 297 g/mol. The summed E-state index contributed by atoms with van der Waals surface area (Å²) in [6.07, 6.45) is 1.84. The number of amides is 1. The number of hydrogen-bond acceptors (Lipinski definition) is 2. The van der Waals surface area contributed by atoms with E-state index >= 15 is 0 Å². The third-order valence-electron chi connectivity index (χ3n) is 5.27. The summed E-state index contributed by atoms with van der Waals surface area (Å²) in [7, 11) is 0. The van der Waals surface area contributed by atoms with Crippen molar-refractivity contribution in [3.05, 3.63) is 48.0 Å². The zero-order valence-electron chi connectivity index (χ0n) is 12.3. The summed E-state index contributed by atoms with van der Waals surface area (Å²) in [5, 5.41) is 22.8. The average molecular weight is 297 g/mol. The SMILES string of the molecule is O=C(O)N1C2CCC1CC(O)(c1ccc3ccccc3c1)C2. The number of carbonyl (C=O) groups is 1. The summed E-state index contributed by atoms with van der Waals surface area (Å²) in [5.41, 5.74) is -0.00455. The van der Waals surface area contributed by atoms with Crippen molar-refractivity contribution in [3.8, 4) is 0 Å². The highest BCUT2D eigenvalue weighted by atomic mass is 16.4. The fraction of sp³-hybridized carbons (Fsp3) is 0.389. The van der Waals surface area contributed by atoms with Gasteiger partial charge in [0.15, 0.2) is 0 Å². The van der Waals surface area contributed by atoms with Gasteiger partial charge in [0, 0.05) is 24.9 Å². The van der Waals surface area contributed by atoms with E-state index in [0.29, 0.717) is 12.8 Å². The van der Waals surface area contributed by atoms with E-state index in [1.54, 1.807) is 4.90 Å². The molecular weight excluding hydrogens is 278 g/mol. The van der Waals surface area contributed by atoms with Crippen LogP contribution in [-0.2, 0) is 5.60 Å². The lowest BCUT2D eigenvalue weighted by Gasteiger charge is -2.42. The molecular formula is C18H19NO3. The highest BCUT2D eigenvalue weighted by molar-refractivity contribution is 5.83. The van der Waals surface area contributed by atoms with Crippen LogP contribution in [-0.4, -0.2) is 33.3 Å². The number of carboxylic acid groups (broad SMARTS) is 1. The molecule has 0 aliphatic carbocycles. The van der Waals surface area contributed by atoms with Crippen molar-refractivity contribution in [2.24, 2.45) is 0 Å². The van der Waals surface area contributed by atoms with Crippen LogP contribution in [0.3, 0.4) is 0 Å². The van der Waals surface area contributed by atoms with Gasteiger partial charge in [0.05, 0.1) is 5.60 Å². The maximum atomic E-state index is 11.4. The Kier molecular flexibility index (Phi) is 2.91. The van der Waals surface area contributed by atoms with E-state index < -0.39 is 11.7 Å². The molecule has 22 heavy (non-hydrogen) atoms. The topological polar surface area (TPSA) is 60.8 Å². The third kappa shape index (κ3) is 1.98. The normalized spacial score (nSPS) is 30.7. The molecule has 2 aliphatic rings. The maximum absolute atomic E-state index is 11.4. The minimum absolute atomic E-state index is 0.0623. The van der Waals surface area contributed by atoms with Crippen LogP contribution in [0.5, 0.6) is 0 Å². The minimum Gasteiger partial charge on any atom is -0.465 e. The fourth-order valence-corrected chi connectivity index (χ4v) is 4.25. The molecule has 2 aromatic carbocycles. The first-order chi connectivity index (χ1) is 10.6. The summed E-state index contributed by atoms with van der Waals surface area (Å²) < 4.78 is 0. The Hall–Kier alpha value is -2.07. The minimum atomic E-state index is -0.915. The largest absolute Gasteiger partial charge is 0.465 e. The van der Waals surface area contributed by atoms with Crippen LogP contribution in [0, 0.1) is 0 Å². The highest BCUT2D eigenvalue weighted by Crippen LogP contribution is 2.46. The van der Waals surface area contributed by atoms with Crippen molar-refractivity contribution in [3.63, 3.8) is 0 Å². The molecule has 2 atom stereocenters. The van der Waals surface area contributed by atoms with Crippen molar-refractivity contribution >= 4 is 16.9 Å². The van der Waals surface area contributed by atoms with Crippen LogP contribution in [0.25, 0.3) is 10.8 Å². The smallest absolute Gasteiger partial charge is 0.407 e. The summed E-state index contributed by atoms with van der Waals surface area (Å²) in [5.74, 6) is 0. The predicted octanol–water partition coefficient (Wildman–Crippen LogP) is 3.33. The molecule has 2 unspecified atom stereocenters. The van der Waals surface area contributed by atoms with Crippen molar-refractivity contribution in [2.75, 3.05) is 0 Å². The lowest BCUT2D eigenvalue weighted by atomic mass is 9.80. The van der Waals surface area contributed by atoms with E-state index in [1.807, 2.05) is 36.4 Å². The van der Waals surface area contributed by atoms with Crippen LogP contribution in [0.4, 0.5) is 4.79 Å². The van der Waals surface area contributed by atoms with Gasteiger partial charge in [-0.05, 0) is 35.2 Å². The summed E-state index contributed by atoms with van der Waals surface area (Å²) in [6.45, 7) is 0. The van der Waals surface area contributed by atoms with Gasteiger partial charge in [-0.1, -0.05) is 36.4 Å². The van der Waals surface area contributed by atoms with E-state index in [1.165, 1.54) is 0 Å². The molecule has 0 aromatic heterocycles. The lowest BCUT2D eigenvalue weighted by molar-refractivity contribution is -0.0491. The number of hydrogen-bond donors (Lipinski definition) is 2. The van der Waals surface area contributed by atoms with Crippen LogP contribution in [0.1, 0.15) is 31.2 Å². The van der Waals surface area contributed by atoms with E-state index in [-0.39, 0.29) is 12.1 Å². The van der Waals surface area contributed by atoms with E-state index in [4.69, 9.17) is 0 Å². The van der Waals surface area contributed by atoms with Crippen molar-refractivity contribution in [2.45, 2.75) is 43.4 Å². The molecule has 2 saturated heterocycles. The number of nitrogens with zero attached hydrogens (tertiary/aromatic N) is 1. The van der Waals surface area contributed by atoms with E-state index in [0.717, 1.165) is 29.2 Å². The Bertz CT molecular complexity index is 728. The van der Waals surface area contributed by atoms with E-state index in [9.17, 15) is 15.0 Å². The van der Waals surface area contributed by atoms with Gasteiger partial charge in [-0.25, -0.2) is 4.79 Å². The second kappa shape index (κ2) is 4.71. The molecule has 114 valence electrons. The third-order valence-corrected chi connectivity index (χ3v) is 5.27. The second-order valence-corrected chi connectivity index (χ2v) is 6.58. The fourth-order valence-electron chi connectivity index (χ4n) is 4.25. The van der Waals surface area contributed by atoms with Gasteiger partial charge in [0.1, 0.15) is 0 Å². The van der Waals surface area contributed by atoms with Gasteiger partial charge < -0.3 is 15.1 Å². The molecule has 2 aromatic rings. The van der Waals surface area contributed by atoms with Gasteiger partial charge in [-0.15, -0.1) is 0 Å². The van der Waals surface area contributed by atoms with Gasteiger partial charge in [0.2, 0.25) is 0 Å². The zero-order valence-corrected chi connectivity index (χ0v) is 12.3. The molecule has 4 heteroatoms. The Morgan fingerprint density at radius 2 is 1.68 bits per heavy atom. The summed E-state index contributed by atoms with van der Waals surface area (Å²) in [4.78, 5) is 12.9. The summed E-state index contributed by atoms with van der Waals surface area (Å²) >= 11 is 0. The average Bonchev–Trinajstić information content (AvgIpc) is 2.80. The highest BCUT2D eigenvalue weighted by Gasteiger charge is 2.50. The number of aliphatic hydroxyl groups is 1. The maximum Gasteiger partial charge on any atom is 0.407 e. The molecule has 4 nitrogen and oxygen atoms in total. The molecule has 0 radical (unpaired) electrons. The molecule has 2 heterocycles. The molecule has 2 bridgehead atoms.